The summed E-state index contributed by atoms with van der Waals surface area (Å²) >= 11 is 0. The maximum absolute atomic E-state index is 12.4. The van der Waals surface area contributed by atoms with Gasteiger partial charge in [0.15, 0.2) is 0 Å². The second-order valence-corrected chi connectivity index (χ2v) is 5.48. The molecule has 0 bridgehead atoms. The minimum atomic E-state index is -0.967. The van der Waals surface area contributed by atoms with E-state index in [9.17, 15) is 9.59 Å². The number of likely N-dealkylation sites (N-methyl/N-ethyl adjacent to an activating group) is 1. The highest BCUT2D eigenvalue weighted by molar-refractivity contribution is 6.04. The van der Waals surface area contributed by atoms with E-state index in [2.05, 4.69) is 10.2 Å². The van der Waals surface area contributed by atoms with Crippen molar-refractivity contribution in [2.75, 3.05) is 39.8 Å². The van der Waals surface area contributed by atoms with Gasteiger partial charge in [0, 0.05) is 32.7 Å². The van der Waals surface area contributed by atoms with Gasteiger partial charge in [-0.2, -0.15) is 0 Å². The molecule has 5 nitrogen and oxygen atoms in total. The van der Waals surface area contributed by atoms with Crippen LogP contribution < -0.4 is 5.32 Å². The van der Waals surface area contributed by atoms with Crippen LogP contribution in [-0.2, 0) is 9.59 Å². The monoisotopic (exact) mass is 255 g/mol. The molecular weight excluding hydrogens is 230 g/mol. The Morgan fingerprint density at radius 1 is 1.17 bits per heavy atom. The molecule has 1 aliphatic rings. The van der Waals surface area contributed by atoms with Gasteiger partial charge in [-0.3, -0.25) is 9.59 Å². The maximum atomic E-state index is 12.4. The number of nitrogens with zero attached hydrogens (tertiary/aromatic N) is 2. The molecule has 1 heterocycles. The molecular formula is C13H25N3O2. The molecule has 18 heavy (non-hydrogen) atoms. The fourth-order valence-electron chi connectivity index (χ4n) is 1.96. The lowest BCUT2D eigenvalue weighted by molar-refractivity contribution is -0.149. The van der Waals surface area contributed by atoms with Crippen molar-refractivity contribution in [1.82, 2.24) is 15.1 Å². The van der Waals surface area contributed by atoms with Gasteiger partial charge in [0.2, 0.25) is 11.8 Å². The van der Waals surface area contributed by atoms with Crippen LogP contribution in [0.15, 0.2) is 0 Å². The van der Waals surface area contributed by atoms with Crippen molar-refractivity contribution in [2.45, 2.75) is 27.2 Å². The van der Waals surface area contributed by atoms with Crippen molar-refractivity contribution < 1.29 is 9.59 Å². The molecule has 5 heteroatoms. The average molecular weight is 255 g/mol. The lowest BCUT2D eigenvalue weighted by Gasteiger charge is -2.36. The molecule has 0 saturated carbocycles. The molecule has 104 valence electrons. The highest BCUT2D eigenvalue weighted by Gasteiger charge is 2.39. The summed E-state index contributed by atoms with van der Waals surface area (Å²) in [6.07, 6.45) is 0.879. The first kappa shape index (κ1) is 15.0. The van der Waals surface area contributed by atoms with Crippen LogP contribution in [0.2, 0.25) is 0 Å². The standard InChI is InChI=1S/C13H25N3O2/c1-5-6-14-11(17)13(2,3)12(18)16-9-7-15(4)8-10-16/h5-10H2,1-4H3,(H,14,17). The minimum Gasteiger partial charge on any atom is -0.355 e. The number of hydrogen-bond acceptors (Lipinski definition) is 3. The first-order chi connectivity index (χ1) is 8.39. The molecule has 0 aliphatic carbocycles. The van der Waals surface area contributed by atoms with Crippen molar-refractivity contribution >= 4 is 11.8 Å². The van der Waals surface area contributed by atoms with E-state index in [1.165, 1.54) is 0 Å². The van der Waals surface area contributed by atoms with Gasteiger partial charge in [-0.25, -0.2) is 0 Å². The lowest BCUT2D eigenvalue weighted by Crippen LogP contribution is -2.54. The Morgan fingerprint density at radius 3 is 2.22 bits per heavy atom. The second-order valence-electron chi connectivity index (χ2n) is 5.48. The van der Waals surface area contributed by atoms with Gasteiger partial charge in [0.1, 0.15) is 5.41 Å². The summed E-state index contributed by atoms with van der Waals surface area (Å²) in [6.45, 7) is 9.20. The van der Waals surface area contributed by atoms with E-state index in [4.69, 9.17) is 0 Å². The van der Waals surface area contributed by atoms with E-state index in [-0.39, 0.29) is 11.8 Å². The molecule has 0 spiro atoms. The Kier molecular flexibility index (Phi) is 5.14. The number of carbonyl (C=O) groups excluding carboxylic acids is 2. The molecule has 1 saturated heterocycles. The molecule has 0 unspecified atom stereocenters. The van der Waals surface area contributed by atoms with Crippen molar-refractivity contribution in [1.29, 1.82) is 0 Å². The van der Waals surface area contributed by atoms with Crippen molar-refractivity contribution in [3.63, 3.8) is 0 Å². The van der Waals surface area contributed by atoms with E-state index in [1.54, 1.807) is 18.7 Å². The fraction of sp³-hybridized carbons (Fsp3) is 0.846. The smallest absolute Gasteiger partial charge is 0.237 e. The summed E-state index contributed by atoms with van der Waals surface area (Å²) in [7, 11) is 2.04. The Balaban J connectivity index is 2.60. The molecule has 1 rings (SSSR count). The third-order valence-corrected chi connectivity index (χ3v) is 3.43. The summed E-state index contributed by atoms with van der Waals surface area (Å²) in [5, 5.41) is 2.80. The van der Waals surface area contributed by atoms with Gasteiger partial charge >= 0.3 is 0 Å². The van der Waals surface area contributed by atoms with Crippen molar-refractivity contribution in [3.05, 3.63) is 0 Å². The summed E-state index contributed by atoms with van der Waals surface area (Å²) in [5.74, 6) is -0.238. The molecule has 0 aromatic heterocycles. The van der Waals surface area contributed by atoms with Crippen LogP contribution in [0.1, 0.15) is 27.2 Å². The molecule has 1 aliphatic heterocycles. The highest BCUT2D eigenvalue weighted by Crippen LogP contribution is 2.20. The third-order valence-electron chi connectivity index (χ3n) is 3.43. The maximum Gasteiger partial charge on any atom is 0.237 e. The zero-order chi connectivity index (χ0) is 13.8. The Hall–Kier alpha value is -1.10. The van der Waals surface area contributed by atoms with Crippen LogP contribution in [0.25, 0.3) is 0 Å². The minimum absolute atomic E-state index is 0.0656. The van der Waals surface area contributed by atoms with Gasteiger partial charge in [0.25, 0.3) is 0 Å². The number of amides is 2. The largest absolute Gasteiger partial charge is 0.355 e. The van der Waals surface area contributed by atoms with Gasteiger partial charge in [0.05, 0.1) is 0 Å². The van der Waals surface area contributed by atoms with Crippen LogP contribution in [0, 0.1) is 5.41 Å². The molecule has 1 fully saturated rings. The van der Waals surface area contributed by atoms with Gasteiger partial charge in [-0.05, 0) is 27.3 Å². The predicted octanol–water partition coefficient (Wildman–Crippen LogP) is 0.313. The van der Waals surface area contributed by atoms with E-state index in [1.807, 2.05) is 14.0 Å². The van der Waals surface area contributed by atoms with E-state index in [0.717, 1.165) is 19.5 Å². The first-order valence-corrected chi connectivity index (χ1v) is 6.65. The van der Waals surface area contributed by atoms with E-state index in [0.29, 0.717) is 19.6 Å². The van der Waals surface area contributed by atoms with Crippen molar-refractivity contribution in [3.8, 4) is 0 Å². The number of rotatable bonds is 4. The van der Waals surface area contributed by atoms with E-state index < -0.39 is 5.41 Å². The number of piperazine rings is 1. The van der Waals surface area contributed by atoms with Crippen molar-refractivity contribution in [2.24, 2.45) is 5.41 Å². The quantitative estimate of drug-likeness (QED) is 0.736. The molecule has 0 radical (unpaired) electrons. The van der Waals surface area contributed by atoms with Crippen LogP contribution in [-0.4, -0.2) is 61.4 Å². The molecule has 1 N–H and O–H groups in total. The second kappa shape index (κ2) is 6.18. The van der Waals surface area contributed by atoms with Crippen LogP contribution in [0.3, 0.4) is 0 Å². The molecule has 2 amide bonds. The Labute approximate surface area is 110 Å². The SMILES string of the molecule is CCCNC(=O)C(C)(C)C(=O)N1CCN(C)CC1. The van der Waals surface area contributed by atoms with Gasteiger partial charge in [-0.15, -0.1) is 0 Å². The predicted molar refractivity (Wildman–Crippen MR) is 71.2 cm³/mol. The zero-order valence-corrected chi connectivity index (χ0v) is 12.0. The molecule has 0 aromatic carbocycles. The van der Waals surface area contributed by atoms with E-state index >= 15 is 0 Å². The highest BCUT2D eigenvalue weighted by atomic mass is 16.2. The number of hydrogen-bond donors (Lipinski definition) is 1. The molecule has 0 aromatic rings. The summed E-state index contributed by atoms with van der Waals surface area (Å²) in [4.78, 5) is 28.4. The molecule has 0 atom stereocenters. The van der Waals surface area contributed by atoms with Crippen LogP contribution in [0.5, 0.6) is 0 Å². The topological polar surface area (TPSA) is 52.7 Å². The third kappa shape index (κ3) is 3.45. The normalized spacial score (nSPS) is 17.7. The van der Waals surface area contributed by atoms with Crippen LogP contribution in [0.4, 0.5) is 0 Å². The summed E-state index contributed by atoms with van der Waals surface area (Å²) < 4.78 is 0. The summed E-state index contributed by atoms with van der Waals surface area (Å²) in [5.41, 5.74) is -0.967. The summed E-state index contributed by atoms with van der Waals surface area (Å²) in [6, 6.07) is 0. The fourth-order valence-corrected chi connectivity index (χ4v) is 1.96. The Morgan fingerprint density at radius 2 is 1.72 bits per heavy atom. The van der Waals surface area contributed by atoms with Gasteiger partial charge < -0.3 is 15.1 Å². The Bertz CT molecular complexity index is 307. The number of carbonyl (C=O) groups is 2. The average Bonchev–Trinajstić information content (AvgIpc) is 2.35. The van der Waals surface area contributed by atoms with Gasteiger partial charge in [-0.1, -0.05) is 6.92 Å². The zero-order valence-electron chi connectivity index (χ0n) is 12.0. The lowest BCUT2D eigenvalue weighted by atomic mass is 9.90. The first-order valence-electron chi connectivity index (χ1n) is 6.65. The number of nitrogens with one attached hydrogen (secondary N) is 1. The van der Waals surface area contributed by atoms with Crippen LogP contribution >= 0.6 is 0 Å².